The number of halogens is 1. The van der Waals surface area contributed by atoms with Gasteiger partial charge >= 0.3 is 0 Å². The van der Waals surface area contributed by atoms with Gasteiger partial charge in [0.05, 0.1) is 0 Å². The van der Waals surface area contributed by atoms with Gasteiger partial charge in [-0.3, -0.25) is 0 Å². The van der Waals surface area contributed by atoms with Crippen molar-refractivity contribution in [1.82, 2.24) is 0 Å². The highest BCUT2D eigenvalue weighted by Crippen LogP contribution is 2.51. The van der Waals surface area contributed by atoms with Gasteiger partial charge in [-0.15, -0.1) is 0 Å². The van der Waals surface area contributed by atoms with Crippen molar-refractivity contribution < 1.29 is 0 Å². The molecule has 4 aromatic rings. The SMILES string of the molecule is CC1=Cc2c(cc3c(c2-c2cc(C(C)(C)C)cc(C(C)(C)C)c2)CCC3)C1[Si](C)(C)Cl.CC1=Cc2cc3c(c(-c4cc(C(C)(C)C)cc(C(C)(C)C)c4)c2C1)CCC3. The molecular weight excluding hydrogens is 736 g/mol. The minimum Gasteiger partial charge on any atom is -0.167 e. The Morgan fingerprint density at radius 2 is 0.948 bits per heavy atom. The summed E-state index contributed by atoms with van der Waals surface area (Å²) < 4.78 is 0. The average Bonchev–Trinajstić information content (AvgIpc) is 3.89. The summed E-state index contributed by atoms with van der Waals surface area (Å²) in [6.45, 7) is 37.2. The maximum absolute atomic E-state index is 7.08. The largest absolute Gasteiger partial charge is 0.167 e. The van der Waals surface area contributed by atoms with Crippen LogP contribution < -0.4 is 0 Å². The van der Waals surface area contributed by atoms with E-state index in [9.17, 15) is 0 Å². The summed E-state index contributed by atoms with van der Waals surface area (Å²) in [5.41, 5.74) is 28.0. The first-order valence-electron chi connectivity index (χ1n) is 22.4. The molecule has 4 aromatic carbocycles. The zero-order chi connectivity index (χ0) is 42.5. The molecule has 0 aliphatic heterocycles. The molecule has 2 heteroatoms. The third-order valence-electron chi connectivity index (χ3n) is 13.6. The van der Waals surface area contributed by atoms with Gasteiger partial charge in [-0.05, 0) is 169 Å². The van der Waals surface area contributed by atoms with Crippen LogP contribution in [-0.4, -0.2) is 7.38 Å². The Bertz CT molecular complexity index is 2280. The van der Waals surface area contributed by atoms with Crippen molar-refractivity contribution in [3.63, 3.8) is 0 Å². The van der Waals surface area contributed by atoms with Crippen molar-refractivity contribution in [2.45, 2.75) is 182 Å². The minimum absolute atomic E-state index is 0.121. The molecule has 0 nitrogen and oxygen atoms in total. The Balaban J connectivity index is 0.000000178. The maximum Gasteiger partial charge on any atom is 0.161 e. The molecule has 0 fully saturated rings. The van der Waals surface area contributed by atoms with E-state index in [1.165, 1.54) is 105 Å². The van der Waals surface area contributed by atoms with E-state index in [-0.39, 0.29) is 21.7 Å². The fourth-order valence-electron chi connectivity index (χ4n) is 10.3. The topological polar surface area (TPSA) is 0 Å². The number of benzene rings is 4. The van der Waals surface area contributed by atoms with Gasteiger partial charge in [0, 0.05) is 5.54 Å². The van der Waals surface area contributed by atoms with Crippen LogP contribution in [0.4, 0.5) is 0 Å². The predicted molar refractivity (Wildman–Crippen MR) is 260 cm³/mol. The van der Waals surface area contributed by atoms with E-state index in [0.717, 1.165) is 6.42 Å². The van der Waals surface area contributed by atoms with E-state index in [0.29, 0.717) is 5.54 Å². The van der Waals surface area contributed by atoms with Gasteiger partial charge in [-0.25, -0.2) is 0 Å². The lowest BCUT2D eigenvalue weighted by molar-refractivity contribution is 0.568. The lowest BCUT2D eigenvalue weighted by atomic mass is 9.77. The number of allylic oxidation sites excluding steroid dienone is 2. The normalized spacial score (nSPS) is 17.6. The molecule has 308 valence electrons. The summed E-state index contributed by atoms with van der Waals surface area (Å²) in [6.07, 6.45) is 13.4. The third-order valence-corrected chi connectivity index (χ3v) is 16.4. The van der Waals surface area contributed by atoms with Crippen molar-refractivity contribution in [2.75, 3.05) is 0 Å². The van der Waals surface area contributed by atoms with E-state index in [2.05, 4.69) is 171 Å². The van der Waals surface area contributed by atoms with E-state index < -0.39 is 7.38 Å². The van der Waals surface area contributed by atoms with E-state index in [1.54, 1.807) is 33.4 Å². The van der Waals surface area contributed by atoms with Crippen molar-refractivity contribution >= 4 is 30.6 Å². The molecule has 0 radical (unpaired) electrons. The second-order valence-electron chi connectivity index (χ2n) is 23.2. The van der Waals surface area contributed by atoms with Crippen LogP contribution in [0.2, 0.25) is 13.1 Å². The fraction of sp³-hybridized carbons (Fsp3) is 0.500. The van der Waals surface area contributed by atoms with Gasteiger partial charge in [-0.2, -0.15) is 11.1 Å². The quantitative estimate of drug-likeness (QED) is 0.143. The molecule has 58 heavy (non-hydrogen) atoms. The Morgan fingerprint density at radius 1 is 0.517 bits per heavy atom. The summed E-state index contributed by atoms with van der Waals surface area (Å²) >= 11 is 7.08. The summed E-state index contributed by atoms with van der Waals surface area (Å²) in [5, 5.41) is 0. The standard InChI is InChI=1S/C29H39ClSi.C27H34/c1-18-13-24-25(27(18)31(8,9)30)16-19-11-10-12-23(19)26(24)20-14-21(28(2,3)4)17-22(15-20)29(5,6)7;1-17-11-19-13-18-9-8-10-23(18)25(24(19)12-17)20-14-21(26(2,3)4)16-22(15-20)27(5,6)7/h13-17,27H,10-12H2,1-9H3;11,13-16H,8-10,12H2,1-7H3. The summed E-state index contributed by atoms with van der Waals surface area (Å²) in [5.74, 6) is 0. The molecule has 1 unspecified atom stereocenters. The van der Waals surface area contributed by atoms with Crippen LogP contribution in [0.1, 0.15) is 182 Å². The van der Waals surface area contributed by atoms with E-state index in [1.807, 2.05) is 0 Å². The van der Waals surface area contributed by atoms with Crippen LogP contribution in [0.15, 0.2) is 59.7 Å². The Morgan fingerprint density at radius 3 is 1.40 bits per heavy atom. The van der Waals surface area contributed by atoms with Crippen molar-refractivity contribution in [3.05, 3.63) is 126 Å². The summed E-state index contributed by atoms with van der Waals surface area (Å²) in [6, 6.07) is 19.8. The van der Waals surface area contributed by atoms with E-state index >= 15 is 0 Å². The highest BCUT2D eigenvalue weighted by molar-refractivity contribution is 7.20. The second kappa shape index (κ2) is 14.8. The Kier molecular flexibility index (Phi) is 11.0. The third kappa shape index (κ3) is 8.30. The molecule has 8 rings (SSSR count). The Labute approximate surface area is 359 Å². The highest BCUT2D eigenvalue weighted by atomic mass is 35.6. The maximum atomic E-state index is 7.08. The number of hydrogen-bond donors (Lipinski definition) is 0. The molecule has 0 amide bonds. The van der Waals surface area contributed by atoms with Gasteiger partial charge in [0.25, 0.3) is 0 Å². The van der Waals surface area contributed by atoms with Gasteiger partial charge in [0.15, 0.2) is 7.38 Å². The first-order chi connectivity index (χ1) is 26.7. The summed E-state index contributed by atoms with van der Waals surface area (Å²) in [7, 11) is -1.87. The van der Waals surface area contributed by atoms with Crippen LogP contribution in [0.5, 0.6) is 0 Å². The van der Waals surface area contributed by atoms with Gasteiger partial charge in [0.2, 0.25) is 0 Å². The molecule has 4 aliphatic carbocycles. The molecule has 0 aromatic heterocycles. The summed E-state index contributed by atoms with van der Waals surface area (Å²) in [4.78, 5) is 0. The van der Waals surface area contributed by atoms with Gasteiger partial charge in [0.1, 0.15) is 0 Å². The van der Waals surface area contributed by atoms with Crippen molar-refractivity contribution in [2.24, 2.45) is 0 Å². The lowest BCUT2D eigenvalue weighted by Gasteiger charge is -2.28. The molecule has 4 aliphatic rings. The first kappa shape index (κ1) is 43.0. The van der Waals surface area contributed by atoms with Crippen LogP contribution in [0.25, 0.3) is 34.4 Å². The van der Waals surface area contributed by atoms with Crippen molar-refractivity contribution in [1.29, 1.82) is 0 Å². The highest BCUT2D eigenvalue weighted by Gasteiger charge is 2.39. The van der Waals surface area contributed by atoms with Crippen LogP contribution >= 0.6 is 11.1 Å². The monoisotopic (exact) mass is 809 g/mol. The van der Waals surface area contributed by atoms with Gasteiger partial charge in [-0.1, -0.05) is 168 Å². The van der Waals surface area contributed by atoms with Crippen LogP contribution in [-0.2, 0) is 53.8 Å². The number of aryl methyl sites for hydroxylation is 2. The second-order valence-corrected chi connectivity index (χ2v) is 29.8. The zero-order valence-corrected chi connectivity index (χ0v) is 40.9. The zero-order valence-electron chi connectivity index (χ0n) is 39.2. The molecule has 0 N–H and O–H groups in total. The van der Waals surface area contributed by atoms with Gasteiger partial charge < -0.3 is 0 Å². The number of fused-ring (bicyclic) bond motifs is 4. The fourth-order valence-corrected chi connectivity index (χ4v) is 13.3. The number of hydrogen-bond acceptors (Lipinski definition) is 0. The predicted octanol–water partition coefficient (Wildman–Crippen LogP) is 16.3. The molecule has 0 saturated heterocycles. The number of rotatable bonds is 3. The molecular formula is C56H73ClSi. The molecule has 1 atom stereocenters. The average molecular weight is 810 g/mol. The molecule has 0 bridgehead atoms. The first-order valence-corrected chi connectivity index (χ1v) is 26.5. The van der Waals surface area contributed by atoms with Crippen LogP contribution in [0.3, 0.4) is 0 Å². The molecule has 0 heterocycles. The van der Waals surface area contributed by atoms with Crippen LogP contribution in [0, 0.1) is 0 Å². The Hall–Kier alpha value is -3.13. The molecule has 0 spiro atoms. The lowest BCUT2D eigenvalue weighted by Crippen LogP contribution is -2.28. The van der Waals surface area contributed by atoms with E-state index in [4.69, 9.17) is 11.1 Å². The van der Waals surface area contributed by atoms with Crippen molar-refractivity contribution in [3.8, 4) is 22.3 Å². The smallest absolute Gasteiger partial charge is 0.161 e. The molecule has 0 saturated carbocycles. The minimum atomic E-state index is -1.87.